The van der Waals surface area contributed by atoms with Crippen molar-refractivity contribution in [1.29, 1.82) is 0 Å². The van der Waals surface area contributed by atoms with Gasteiger partial charge in [-0.2, -0.15) is 0 Å². The number of Topliss-reactive ketones (excluding diaryl/α,β-unsaturated/α-hetero) is 1. The van der Waals surface area contributed by atoms with Crippen molar-refractivity contribution < 1.29 is 9.22 Å². The van der Waals surface area contributed by atoms with E-state index in [9.17, 15) is 4.79 Å². The Hall–Kier alpha value is -0.673. The van der Waals surface area contributed by atoms with Crippen molar-refractivity contribution in [2.24, 2.45) is 0 Å². The lowest BCUT2D eigenvalue weighted by Gasteiger charge is -2.17. The molecule has 74 valence electrons. The van der Waals surface area contributed by atoms with Gasteiger partial charge in [0, 0.05) is 13.0 Å². The van der Waals surface area contributed by atoms with Gasteiger partial charge in [0.2, 0.25) is 8.32 Å². The van der Waals surface area contributed by atoms with Crippen LogP contribution in [0.4, 0.5) is 0 Å². The highest BCUT2D eigenvalue weighted by molar-refractivity contribution is 6.76. The topological polar surface area (TPSA) is 26.3 Å². The molecule has 0 spiro atoms. The summed E-state index contributed by atoms with van der Waals surface area (Å²) in [6, 6.07) is 0. The molecule has 0 aliphatic heterocycles. The van der Waals surface area contributed by atoms with Crippen LogP contribution in [-0.4, -0.2) is 20.7 Å². The Kier molecular flexibility index (Phi) is 4.88. The van der Waals surface area contributed by atoms with Crippen molar-refractivity contribution in [3.05, 3.63) is 24.4 Å². The van der Waals surface area contributed by atoms with Crippen molar-refractivity contribution in [3.8, 4) is 0 Å². The highest BCUT2D eigenvalue weighted by Crippen LogP contribution is 2.06. The summed E-state index contributed by atoms with van der Waals surface area (Å²) in [4.78, 5) is 11.1. The summed E-state index contributed by atoms with van der Waals surface area (Å²) < 4.78 is 5.56. The van der Waals surface area contributed by atoms with E-state index >= 15 is 0 Å². The first-order valence-corrected chi connectivity index (χ1v) is 7.34. The van der Waals surface area contributed by atoms with Crippen LogP contribution in [0.15, 0.2) is 24.4 Å². The van der Waals surface area contributed by atoms with Crippen molar-refractivity contribution in [2.45, 2.75) is 26.4 Å². The first-order chi connectivity index (χ1) is 5.89. The van der Waals surface area contributed by atoms with Gasteiger partial charge in [-0.25, -0.2) is 0 Å². The summed E-state index contributed by atoms with van der Waals surface area (Å²) in [5.74, 6) is 0.0777. The van der Waals surface area contributed by atoms with Crippen LogP contribution in [0.2, 0.25) is 13.1 Å². The molecule has 2 nitrogen and oxygen atoms in total. The maximum Gasteiger partial charge on any atom is 0.210 e. The molecule has 0 saturated carbocycles. The molecule has 13 heavy (non-hydrogen) atoms. The van der Waals surface area contributed by atoms with Gasteiger partial charge in [0.25, 0.3) is 0 Å². The van der Waals surface area contributed by atoms with Gasteiger partial charge in [0.05, 0.1) is 0 Å². The van der Waals surface area contributed by atoms with Crippen LogP contribution in [0.3, 0.4) is 0 Å². The molecule has 0 aromatic carbocycles. The standard InChI is InChI=1S/C10H18O2Si/c1-6-13(4,5)12-8-7-10(11)9(2)3/h6H,1-2,7-8H2,3-5H3. The molecule has 0 unspecified atom stereocenters. The second kappa shape index (κ2) is 5.14. The number of hydrogen-bond donors (Lipinski definition) is 0. The number of ketones is 1. The van der Waals surface area contributed by atoms with Gasteiger partial charge in [-0.15, -0.1) is 6.58 Å². The van der Waals surface area contributed by atoms with E-state index in [4.69, 9.17) is 4.43 Å². The third kappa shape index (κ3) is 5.55. The second-order valence-electron chi connectivity index (χ2n) is 3.61. The second-order valence-corrected chi connectivity index (χ2v) is 7.51. The SMILES string of the molecule is C=C[Si](C)(C)OCCC(=O)C(=C)C. The summed E-state index contributed by atoms with van der Waals surface area (Å²) in [6.07, 6.45) is 0.430. The normalized spacial score (nSPS) is 11.0. The van der Waals surface area contributed by atoms with E-state index in [2.05, 4.69) is 13.2 Å². The average Bonchev–Trinajstić information content (AvgIpc) is 2.04. The van der Waals surface area contributed by atoms with Gasteiger partial charge >= 0.3 is 0 Å². The monoisotopic (exact) mass is 198 g/mol. The Morgan fingerprint density at radius 3 is 2.46 bits per heavy atom. The fourth-order valence-corrected chi connectivity index (χ4v) is 1.43. The van der Waals surface area contributed by atoms with Crippen molar-refractivity contribution >= 4 is 14.1 Å². The van der Waals surface area contributed by atoms with E-state index in [1.165, 1.54) is 0 Å². The molecule has 0 aromatic rings. The molecule has 0 amide bonds. The minimum absolute atomic E-state index is 0.0777. The highest BCUT2D eigenvalue weighted by Gasteiger charge is 2.17. The fourth-order valence-electron chi connectivity index (χ4n) is 0.679. The predicted octanol–water partition coefficient (Wildman–Crippen LogP) is 2.47. The highest BCUT2D eigenvalue weighted by atomic mass is 28.4. The summed E-state index contributed by atoms with van der Waals surface area (Å²) in [7, 11) is -1.70. The lowest BCUT2D eigenvalue weighted by molar-refractivity contribution is -0.116. The maximum absolute atomic E-state index is 11.1. The van der Waals surface area contributed by atoms with Crippen molar-refractivity contribution in [2.75, 3.05) is 6.61 Å². The molecule has 0 heterocycles. The van der Waals surface area contributed by atoms with Crippen LogP contribution in [0.25, 0.3) is 0 Å². The summed E-state index contributed by atoms with van der Waals surface area (Å²) in [6.45, 7) is 13.6. The van der Waals surface area contributed by atoms with E-state index in [0.717, 1.165) is 0 Å². The van der Waals surface area contributed by atoms with E-state index in [1.807, 2.05) is 18.8 Å². The molecule has 0 bridgehead atoms. The zero-order chi connectivity index (χ0) is 10.5. The average molecular weight is 198 g/mol. The summed E-state index contributed by atoms with van der Waals surface area (Å²) >= 11 is 0. The van der Waals surface area contributed by atoms with E-state index in [-0.39, 0.29) is 5.78 Å². The molecule has 0 aliphatic rings. The lowest BCUT2D eigenvalue weighted by Crippen LogP contribution is -2.28. The minimum Gasteiger partial charge on any atom is -0.413 e. The third-order valence-corrected chi connectivity index (χ3v) is 3.70. The lowest BCUT2D eigenvalue weighted by atomic mass is 10.2. The largest absolute Gasteiger partial charge is 0.413 e. The fraction of sp³-hybridized carbons (Fsp3) is 0.500. The zero-order valence-corrected chi connectivity index (χ0v) is 9.72. The molecule has 0 aromatic heterocycles. The van der Waals surface area contributed by atoms with E-state index in [1.54, 1.807) is 6.92 Å². The van der Waals surface area contributed by atoms with Gasteiger partial charge in [0.1, 0.15) is 0 Å². The number of carbonyl (C=O) groups is 1. The van der Waals surface area contributed by atoms with Crippen LogP contribution in [0.5, 0.6) is 0 Å². The molecule has 3 heteroatoms. The van der Waals surface area contributed by atoms with Crippen LogP contribution in [0, 0.1) is 0 Å². The number of allylic oxidation sites excluding steroid dienone is 1. The first kappa shape index (κ1) is 12.3. The number of rotatable bonds is 6. The Bertz CT molecular complexity index is 219. The van der Waals surface area contributed by atoms with Crippen molar-refractivity contribution in [1.82, 2.24) is 0 Å². The Morgan fingerprint density at radius 1 is 1.54 bits per heavy atom. The van der Waals surface area contributed by atoms with E-state index < -0.39 is 8.32 Å². The van der Waals surface area contributed by atoms with Gasteiger partial charge in [-0.05, 0) is 25.6 Å². The Morgan fingerprint density at radius 2 is 2.08 bits per heavy atom. The van der Waals surface area contributed by atoms with Crippen LogP contribution < -0.4 is 0 Å². The minimum atomic E-state index is -1.70. The molecule has 0 N–H and O–H groups in total. The summed E-state index contributed by atoms with van der Waals surface area (Å²) in [5, 5.41) is 0. The number of hydrogen-bond acceptors (Lipinski definition) is 2. The van der Waals surface area contributed by atoms with Crippen LogP contribution in [-0.2, 0) is 9.22 Å². The Balaban J connectivity index is 3.74. The molecule has 0 atom stereocenters. The van der Waals surface area contributed by atoms with Crippen LogP contribution in [0.1, 0.15) is 13.3 Å². The van der Waals surface area contributed by atoms with Gasteiger partial charge in [0.15, 0.2) is 5.78 Å². The van der Waals surface area contributed by atoms with Gasteiger partial charge in [-0.3, -0.25) is 4.79 Å². The van der Waals surface area contributed by atoms with Crippen LogP contribution >= 0.6 is 0 Å². The quantitative estimate of drug-likeness (QED) is 0.484. The summed E-state index contributed by atoms with van der Waals surface area (Å²) in [5.41, 5.74) is 2.46. The molecular weight excluding hydrogens is 180 g/mol. The van der Waals surface area contributed by atoms with Crippen molar-refractivity contribution in [3.63, 3.8) is 0 Å². The zero-order valence-electron chi connectivity index (χ0n) is 8.72. The third-order valence-electron chi connectivity index (χ3n) is 1.77. The van der Waals surface area contributed by atoms with Gasteiger partial charge in [-0.1, -0.05) is 12.3 Å². The molecule has 0 aliphatic carbocycles. The molecule has 0 fully saturated rings. The predicted molar refractivity (Wildman–Crippen MR) is 58.1 cm³/mol. The number of carbonyl (C=O) groups excluding carboxylic acids is 1. The molecule has 0 rings (SSSR count). The maximum atomic E-state index is 11.1. The molecular formula is C10H18O2Si. The first-order valence-electron chi connectivity index (χ1n) is 4.35. The smallest absolute Gasteiger partial charge is 0.210 e. The molecule has 0 radical (unpaired) electrons. The molecule has 0 saturated heterocycles. The van der Waals surface area contributed by atoms with Gasteiger partial charge < -0.3 is 4.43 Å². The Labute approximate surface area is 81.4 Å². The van der Waals surface area contributed by atoms with E-state index in [0.29, 0.717) is 18.6 Å².